The van der Waals surface area contributed by atoms with Crippen molar-refractivity contribution in [3.05, 3.63) is 29.1 Å². The highest BCUT2D eigenvalue weighted by atomic mass is 32.2. The Bertz CT molecular complexity index is 676. The van der Waals surface area contributed by atoms with E-state index in [0.29, 0.717) is 0 Å². The first-order valence-electron chi connectivity index (χ1n) is 6.84. The molecule has 3 N–H and O–H groups in total. The Kier molecular flexibility index (Phi) is 4.08. The van der Waals surface area contributed by atoms with Crippen molar-refractivity contribution in [3.8, 4) is 0 Å². The number of benzene rings is 1. The zero-order chi connectivity index (χ0) is 15.8. The molecule has 1 aromatic carbocycles. The van der Waals surface area contributed by atoms with Crippen LogP contribution in [0, 0.1) is 12.7 Å². The van der Waals surface area contributed by atoms with Crippen molar-refractivity contribution in [1.29, 1.82) is 0 Å². The number of nitrogens with two attached hydrogens (primary N) is 1. The summed E-state index contributed by atoms with van der Waals surface area (Å²) in [7, 11) is -4.07. The predicted octanol–water partition coefficient (Wildman–Crippen LogP) is 1.84. The van der Waals surface area contributed by atoms with Crippen molar-refractivity contribution in [2.45, 2.75) is 50.0 Å². The zero-order valence-corrected chi connectivity index (χ0v) is 12.9. The van der Waals surface area contributed by atoms with Gasteiger partial charge in [-0.25, -0.2) is 17.9 Å². The molecule has 1 aromatic rings. The Morgan fingerprint density at radius 2 is 2.05 bits per heavy atom. The number of amides is 1. The summed E-state index contributed by atoms with van der Waals surface area (Å²) in [5.74, 6) is -1.26. The minimum absolute atomic E-state index is 0.0127. The monoisotopic (exact) mass is 314 g/mol. The highest BCUT2D eigenvalue weighted by molar-refractivity contribution is 7.89. The van der Waals surface area contributed by atoms with Gasteiger partial charge in [0.25, 0.3) is 5.91 Å². The topological polar surface area (TPSA) is 89.3 Å². The van der Waals surface area contributed by atoms with Gasteiger partial charge >= 0.3 is 0 Å². The molecule has 0 aliphatic heterocycles. The lowest BCUT2D eigenvalue weighted by Gasteiger charge is -2.42. The summed E-state index contributed by atoms with van der Waals surface area (Å²) in [4.78, 5) is 12.0. The van der Waals surface area contributed by atoms with Gasteiger partial charge in [0.05, 0.1) is 4.90 Å². The smallest absolute Gasteiger partial charge is 0.252 e. The first kappa shape index (κ1) is 15.9. The van der Waals surface area contributed by atoms with Crippen molar-refractivity contribution in [2.24, 2.45) is 5.14 Å². The van der Waals surface area contributed by atoms with Crippen LogP contribution in [0.25, 0.3) is 0 Å². The van der Waals surface area contributed by atoms with E-state index in [9.17, 15) is 17.6 Å². The van der Waals surface area contributed by atoms with Crippen molar-refractivity contribution in [1.82, 2.24) is 5.32 Å². The van der Waals surface area contributed by atoms with Gasteiger partial charge in [0, 0.05) is 11.1 Å². The molecule has 0 radical (unpaired) electrons. The second kappa shape index (κ2) is 5.38. The summed E-state index contributed by atoms with van der Waals surface area (Å²) in [6.07, 6.45) is 3.59. The summed E-state index contributed by atoms with van der Waals surface area (Å²) in [6, 6.07) is 1.88. The Hall–Kier alpha value is -1.47. The van der Waals surface area contributed by atoms with Crippen molar-refractivity contribution < 1.29 is 17.6 Å². The van der Waals surface area contributed by atoms with Crippen LogP contribution in [0.4, 0.5) is 4.39 Å². The molecule has 0 atom stereocenters. The fourth-order valence-corrected chi connectivity index (χ4v) is 3.48. The highest BCUT2D eigenvalue weighted by Crippen LogP contribution is 2.35. The first-order chi connectivity index (χ1) is 9.68. The van der Waals surface area contributed by atoms with Gasteiger partial charge in [0.2, 0.25) is 10.0 Å². The molecule has 2 rings (SSSR count). The number of rotatable bonds is 4. The summed E-state index contributed by atoms with van der Waals surface area (Å²) in [6.45, 7) is 3.43. The van der Waals surface area contributed by atoms with Gasteiger partial charge in [-0.3, -0.25) is 4.79 Å². The number of carbonyl (C=O) groups is 1. The van der Waals surface area contributed by atoms with Gasteiger partial charge in [-0.1, -0.05) is 6.92 Å². The lowest BCUT2D eigenvalue weighted by Crippen LogP contribution is -2.53. The minimum Gasteiger partial charge on any atom is -0.347 e. The van der Waals surface area contributed by atoms with Gasteiger partial charge < -0.3 is 5.32 Å². The lowest BCUT2D eigenvalue weighted by atomic mass is 9.74. The van der Waals surface area contributed by atoms with Crippen LogP contribution in [0.2, 0.25) is 0 Å². The van der Waals surface area contributed by atoms with E-state index in [1.165, 1.54) is 6.92 Å². The molecule has 0 unspecified atom stereocenters. The number of sulfonamides is 1. The Labute approximate surface area is 123 Å². The van der Waals surface area contributed by atoms with E-state index in [-0.39, 0.29) is 21.6 Å². The van der Waals surface area contributed by atoms with Crippen LogP contribution < -0.4 is 10.5 Å². The second-order valence-corrected chi connectivity index (χ2v) is 7.09. The standard InChI is InChI=1S/C14H19FN2O3S/c1-3-14(5-4-6-14)17-13(18)11-7-10(15)8-12(9(11)2)21(16,19)20/h7-8H,3-6H2,1-2H3,(H,17,18)(H2,16,19,20). The average Bonchev–Trinajstić information content (AvgIpc) is 2.34. The molecule has 1 amide bonds. The molecular weight excluding hydrogens is 295 g/mol. The molecule has 1 aliphatic carbocycles. The normalized spacial score (nSPS) is 17.1. The minimum atomic E-state index is -4.07. The van der Waals surface area contributed by atoms with Crippen molar-refractivity contribution in [3.63, 3.8) is 0 Å². The molecule has 1 fully saturated rings. The number of hydrogen-bond donors (Lipinski definition) is 2. The molecule has 0 heterocycles. The van der Waals surface area contributed by atoms with Gasteiger partial charge in [-0.05, 0) is 50.3 Å². The molecule has 21 heavy (non-hydrogen) atoms. The molecule has 5 nitrogen and oxygen atoms in total. The predicted molar refractivity (Wildman–Crippen MR) is 76.8 cm³/mol. The first-order valence-corrected chi connectivity index (χ1v) is 8.39. The summed E-state index contributed by atoms with van der Waals surface area (Å²) in [5.41, 5.74) is -0.0712. The van der Waals surface area contributed by atoms with Crippen LogP contribution in [0.1, 0.15) is 48.5 Å². The fourth-order valence-electron chi connectivity index (χ4n) is 2.66. The average molecular weight is 314 g/mol. The Morgan fingerprint density at radius 3 is 2.48 bits per heavy atom. The maximum Gasteiger partial charge on any atom is 0.252 e. The van der Waals surface area contributed by atoms with E-state index < -0.39 is 21.7 Å². The summed E-state index contributed by atoms with van der Waals surface area (Å²) < 4.78 is 36.5. The third-order valence-electron chi connectivity index (χ3n) is 4.24. The number of nitrogens with one attached hydrogen (secondary N) is 1. The molecular formula is C14H19FN2O3S. The van der Waals surface area contributed by atoms with E-state index in [1.54, 1.807) is 0 Å². The summed E-state index contributed by atoms with van der Waals surface area (Å²) >= 11 is 0. The van der Waals surface area contributed by atoms with Gasteiger partial charge in [-0.15, -0.1) is 0 Å². The molecule has 1 aliphatic rings. The number of primary sulfonamides is 1. The third kappa shape index (κ3) is 3.08. The van der Waals surface area contributed by atoms with Gasteiger partial charge in [0.1, 0.15) is 5.82 Å². The quantitative estimate of drug-likeness (QED) is 0.888. The van der Waals surface area contributed by atoms with Crippen molar-refractivity contribution >= 4 is 15.9 Å². The van der Waals surface area contributed by atoms with Crippen LogP contribution in [0.5, 0.6) is 0 Å². The van der Waals surface area contributed by atoms with Crippen LogP contribution in [-0.2, 0) is 10.0 Å². The summed E-state index contributed by atoms with van der Waals surface area (Å²) in [5, 5.41) is 7.96. The van der Waals surface area contributed by atoms with Crippen LogP contribution in [0.15, 0.2) is 17.0 Å². The van der Waals surface area contributed by atoms with Crippen LogP contribution in [0.3, 0.4) is 0 Å². The van der Waals surface area contributed by atoms with Gasteiger partial charge in [0.15, 0.2) is 0 Å². The van der Waals surface area contributed by atoms with E-state index in [2.05, 4.69) is 5.32 Å². The highest BCUT2D eigenvalue weighted by Gasteiger charge is 2.37. The van der Waals surface area contributed by atoms with E-state index >= 15 is 0 Å². The van der Waals surface area contributed by atoms with E-state index in [4.69, 9.17) is 5.14 Å². The van der Waals surface area contributed by atoms with Gasteiger partial charge in [-0.2, -0.15) is 0 Å². The van der Waals surface area contributed by atoms with Crippen molar-refractivity contribution in [2.75, 3.05) is 0 Å². The van der Waals surface area contributed by atoms with Crippen LogP contribution in [-0.4, -0.2) is 19.9 Å². The largest absolute Gasteiger partial charge is 0.347 e. The molecule has 7 heteroatoms. The number of carbonyl (C=O) groups excluding carboxylic acids is 1. The Balaban J connectivity index is 2.40. The second-order valence-electron chi connectivity index (χ2n) is 5.56. The Morgan fingerprint density at radius 1 is 1.43 bits per heavy atom. The SMILES string of the molecule is CCC1(NC(=O)c2cc(F)cc(S(N)(=O)=O)c2C)CCC1. The lowest BCUT2D eigenvalue weighted by molar-refractivity contribution is 0.0819. The number of halogens is 1. The molecule has 0 aromatic heterocycles. The van der Waals surface area contributed by atoms with Crippen LogP contribution >= 0.6 is 0 Å². The third-order valence-corrected chi connectivity index (χ3v) is 5.28. The van der Waals surface area contributed by atoms with E-state index in [0.717, 1.165) is 37.8 Å². The molecule has 1 saturated carbocycles. The maximum absolute atomic E-state index is 13.6. The maximum atomic E-state index is 13.6. The molecule has 0 saturated heterocycles. The molecule has 0 spiro atoms. The zero-order valence-electron chi connectivity index (χ0n) is 12.1. The molecule has 0 bridgehead atoms. The fraction of sp³-hybridized carbons (Fsp3) is 0.500. The van der Waals surface area contributed by atoms with E-state index in [1.807, 2.05) is 6.92 Å². The molecule has 116 valence electrons. The number of hydrogen-bond acceptors (Lipinski definition) is 3.